The number of hydrogen-bond acceptors (Lipinski definition) is 5. The van der Waals surface area contributed by atoms with Gasteiger partial charge in [-0.3, -0.25) is 0 Å². The van der Waals surface area contributed by atoms with Crippen molar-refractivity contribution in [2.24, 2.45) is 0 Å². The van der Waals surface area contributed by atoms with Crippen LogP contribution in [0.25, 0.3) is 0 Å². The normalized spacial score (nSPS) is 10.2. The Hall–Kier alpha value is -2.41. The van der Waals surface area contributed by atoms with Gasteiger partial charge in [0.2, 0.25) is 0 Å². The third kappa shape index (κ3) is 3.57. The number of carboxylic acids is 1. The summed E-state index contributed by atoms with van der Waals surface area (Å²) in [6, 6.07) is 5.38. The zero-order chi connectivity index (χ0) is 15.4. The van der Waals surface area contributed by atoms with Crippen LogP contribution in [0.4, 0.5) is 10.1 Å². The van der Waals surface area contributed by atoms with Crippen molar-refractivity contribution in [1.82, 2.24) is 0 Å². The molecule has 2 aromatic rings. The van der Waals surface area contributed by atoms with E-state index in [4.69, 9.17) is 5.11 Å². The first-order valence-electron chi connectivity index (χ1n) is 5.93. The number of carbonyl (C=O) groups is 2. The van der Waals surface area contributed by atoms with Crippen molar-refractivity contribution in [3.05, 3.63) is 51.5 Å². The first-order chi connectivity index (χ1) is 10.0. The first kappa shape index (κ1) is 15.0. The highest BCUT2D eigenvalue weighted by Gasteiger charge is 2.11. The molecule has 110 valence electrons. The van der Waals surface area contributed by atoms with Crippen molar-refractivity contribution in [2.75, 3.05) is 12.4 Å². The molecule has 1 heterocycles. The molecule has 0 aliphatic rings. The van der Waals surface area contributed by atoms with Crippen LogP contribution in [0.3, 0.4) is 0 Å². The maximum Gasteiger partial charge on any atom is 0.337 e. The number of esters is 1. The van der Waals surface area contributed by atoms with Gasteiger partial charge in [0.05, 0.1) is 23.9 Å². The predicted octanol–water partition coefficient (Wildman–Crippen LogP) is 2.98. The summed E-state index contributed by atoms with van der Waals surface area (Å²) in [6.07, 6.45) is 0. The molecule has 0 fully saturated rings. The molecule has 0 bridgehead atoms. The van der Waals surface area contributed by atoms with Gasteiger partial charge in [-0.05, 0) is 24.3 Å². The van der Waals surface area contributed by atoms with Crippen LogP contribution in [0, 0.1) is 5.82 Å². The summed E-state index contributed by atoms with van der Waals surface area (Å²) in [4.78, 5) is 22.9. The smallest absolute Gasteiger partial charge is 0.337 e. The van der Waals surface area contributed by atoms with Gasteiger partial charge in [-0.1, -0.05) is 0 Å². The minimum Gasteiger partial charge on any atom is -0.478 e. The van der Waals surface area contributed by atoms with Gasteiger partial charge in [0.25, 0.3) is 0 Å². The van der Waals surface area contributed by atoms with Gasteiger partial charge in [-0.2, -0.15) is 0 Å². The molecule has 0 spiro atoms. The molecule has 5 nitrogen and oxygen atoms in total. The molecule has 2 N–H and O–H groups in total. The average Bonchev–Trinajstić information content (AvgIpc) is 2.94. The van der Waals surface area contributed by atoms with Gasteiger partial charge in [0.15, 0.2) is 0 Å². The van der Waals surface area contributed by atoms with Crippen LogP contribution >= 0.6 is 11.3 Å². The third-order valence-electron chi connectivity index (χ3n) is 2.74. The van der Waals surface area contributed by atoms with Crippen LogP contribution in [-0.2, 0) is 11.3 Å². The third-order valence-corrected chi connectivity index (χ3v) is 3.68. The summed E-state index contributed by atoms with van der Waals surface area (Å²) in [6.45, 7) is 0.263. The summed E-state index contributed by atoms with van der Waals surface area (Å²) in [5.74, 6) is -2.06. The lowest BCUT2D eigenvalue weighted by molar-refractivity contribution is 0.0599. The molecule has 7 heteroatoms. The highest BCUT2D eigenvalue weighted by Crippen LogP contribution is 2.20. The van der Waals surface area contributed by atoms with Crippen molar-refractivity contribution in [2.45, 2.75) is 6.54 Å². The van der Waals surface area contributed by atoms with E-state index in [1.54, 1.807) is 0 Å². The highest BCUT2D eigenvalue weighted by atomic mass is 32.1. The second-order valence-corrected chi connectivity index (χ2v) is 5.14. The molecule has 0 amide bonds. The average molecular weight is 309 g/mol. The molecule has 0 saturated carbocycles. The molecular formula is C14H12FNO4S. The number of hydrogen-bond donors (Lipinski definition) is 2. The standard InChI is InChI=1S/C14H12FNO4S/c1-20-14(19)8-2-3-11(15)12(5-8)16-6-10-4-9(7-21-10)13(17)18/h2-5,7,16H,6H2,1H3,(H,17,18). The molecular weight excluding hydrogens is 297 g/mol. The maximum absolute atomic E-state index is 13.7. The summed E-state index contributed by atoms with van der Waals surface area (Å²) < 4.78 is 18.2. The van der Waals surface area contributed by atoms with Crippen LogP contribution in [-0.4, -0.2) is 24.2 Å². The van der Waals surface area contributed by atoms with Gasteiger partial charge < -0.3 is 15.2 Å². The number of anilines is 1. The molecule has 2 rings (SSSR count). The second kappa shape index (κ2) is 6.36. The molecule has 0 aliphatic heterocycles. The van der Waals surface area contributed by atoms with Crippen LogP contribution in [0.2, 0.25) is 0 Å². The zero-order valence-corrected chi connectivity index (χ0v) is 11.9. The fraction of sp³-hybridized carbons (Fsp3) is 0.143. The van der Waals surface area contributed by atoms with Crippen molar-refractivity contribution in [1.29, 1.82) is 0 Å². The fourth-order valence-electron chi connectivity index (χ4n) is 1.67. The number of halogens is 1. The Morgan fingerprint density at radius 3 is 2.71 bits per heavy atom. The summed E-state index contributed by atoms with van der Waals surface area (Å²) in [5.41, 5.74) is 0.586. The largest absolute Gasteiger partial charge is 0.478 e. The minimum absolute atomic E-state index is 0.156. The van der Waals surface area contributed by atoms with Gasteiger partial charge in [-0.25, -0.2) is 14.0 Å². The number of carbonyl (C=O) groups excluding carboxylic acids is 1. The molecule has 0 saturated heterocycles. The maximum atomic E-state index is 13.7. The van der Waals surface area contributed by atoms with Crippen molar-refractivity contribution >= 4 is 29.0 Å². The topological polar surface area (TPSA) is 75.6 Å². The van der Waals surface area contributed by atoms with E-state index in [1.165, 1.54) is 48.1 Å². The zero-order valence-electron chi connectivity index (χ0n) is 11.1. The van der Waals surface area contributed by atoms with Crippen molar-refractivity contribution < 1.29 is 23.8 Å². The lowest BCUT2D eigenvalue weighted by Gasteiger charge is -2.08. The van der Waals surface area contributed by atoms with Crippen LogP contribution in [0.5, 0.6) is 0 Å². The van der Waals surface area contributed by atoms with E-state index < -0.39 is 17.8 Å². The molecule has 0 aliphatic carbocycles. The van der Waals surface area contributed by atoms with Crippen LogP contribution in [0.1, 0.15) is 25.6 Å². The lowest BCUT2D eigenvalue weighted by atomic mass is 10.2. The number of aromatic carboxylic acids is 1. The minimum atomic E-state index is -1.00. The Labute approximate surface area is 124 Å². The Kier molecular flexibility index (Phi) is 4.54. The molecule has 1 aromatic carbocycles. The van der Waals surface area contributed by atoms with E-state index in [0.29, 0.717) is 0 Å². The second-order valence-electron chi connectivity index (χ2n) is 4.15. The van der Waals surface area contributed by atoms with Crippen molar-refractivity contribution in [3.63, 3.8) is 0 Å². The SMILES string of the molecule is COC(=O)c1ccc(F)c(NCc2cc(C(=O)O)cs2)c1. The Bertz CT molecular complexity index is 683. The predicted molar refractivity (Wildman–Crippen MR) is 76.3 cm³/mol. The van der Waals surface area contributed by atoms with Crippen LogP contribution in [0.15, 0.2) is 29.6 Å². The van der Waals surface area contributed by atoms with Gasteiger partial charge in [-0.15, -0.1) is 11.3 Å². The summed E-state index contributed by atoms with van der Waals surface area (Å²) in [5, 5.41) is 13.2. The summed E-state index contributed by atoms with van der Waals surface area (Å²) in [7, 11) is 1.25. The molecule has 0 atom stereocenters. The Balaban J connectivity index is 2.11. The van der Waals surface area contributed by atoms with E-state index in [0.717, 1.165) is 4.88 Å². The van der Waals surface area contributed by atoms with E-state index >= 15 is 0 Å². The van der Waals surface area contributed by atoms with Gasteiger partial charge >= 0.3 is 11.9 Å². The monoisotopic (exact) mass is 309 g/mol. The molecule has 0 unspecified atom stereocenters. The van der Waals surface area contributed by atoms with Gasteiger partial charge in [0, 0.05) is 16.8 Å². The molecule has 0 radical (unpaired) electrons. The number of thiophene rings is 1. The van der Waals surface area contributed by atoms with E-state index in [1.807, 2.05) is 0 Å². The molecule has 21 heavy (non-hydrogen) atoms. The van der Waals surface area contributed by atoms with Crippen LogP contribution < -0.4 is 5.32 Å². The number of rotatable bonds is 5. The highest BCUT2D eigenvalue weighted by molar-refractivity contribution is 7.10. The quantitative estimate of drug-likeness (QED) is 0.830. The fourth-order valence-corrected chi connectivity index (χ4v) is 2.47. The summed E-state index contributed by atoms with van der Waals surface area (Å²) >= 11 is 1.26. The van der Waals surface area contributed by atoms with E-state index in [2.05, 4.69) is 10.1 Å². The Morgan fingerprint density at radius 1 is 1.33 bits per heavy atom. The van der Waals surface area contributed by atoms with E-state index in [-0.39, 0.29) is 23.4 Å². The first-order valence-corrected chi connectivity index (χ1v) is 6.81. The number of benzene rings is 1. The van der Waals surface area contributed by atoms with Gasteiger partial charge in [0.1, 0.15) is 5.82 Å². The van der Waals surface area contributed by atoms with E-state index in [9.17, 15) is 14.0 Å². The molecule has 1 aromatic heterocycles. The Morgan fingerprint density at radius 2 is 2.10 bits per heavy atom. The number of carboxylic acid groups (broad SMARTS) is 1. The number of methoxy groups -OCH3 is 1. The lowest BCUT2D eigenvalue weighted by Crippen LogP contribution is -2.05. The van der Waals surface area contributed by atoms with Crippen molar-refractivity contribution in [3.8, 4) is 0 Å². The number of nitrogens with one attached hydrogen (secondary N) is 1. The number of ether oxygens (including phenoxy) is 1.